The van der Waals surface area contributed by atoms with Gasteiger partial charge in [0.25, 0.3) is 0 Å². The first-order valence-corrected chi connectivity index (χ1v) is 6.98. The zero-order valence-corrected chi connectivity index (χ0v) is 11.4. The Kier molecular flexibility index (Phi) is 4.40. The molecule has 0 amide bonds. The molecule has 1 saturated carbocycles. The SMILES string of the molecule is CCCn1nccc1C(O)C1(OC)CCCCC1. The van der Waals surface area contributed by atoms with Gasteiger partial charge in [-0.2, -0.15) is 5.10 Å². The fourth-order valence-corrected chi connectivity index (χ4v) is 2.98. The monoisotopic (exact) mass is 252 g/mol. The number of rotatable bonds is 5. The normalized spacial score (nSPS) is 20.8. The Balaban J connectivity index is 2.22. The van der Waals surface area contributed by atoms with Crippen molar-refractivity contribution in [3.8, 4) is 0 Å². The molecule has 18 heavy (non-hydrogen) atoms. The van der Waals surface area contributed by atoms with Gasteiger partial charge in [0, 0.05) is 19.9 Å². The molecule has 0 saturated heterocycles. The molecule has 0 radical (unpaired) electrons. The minimum atomic E-state index is -0.572. The fourth-order valence-electron chi connectivity index (χ4n) is 2.98. The quantitative estimate of drug-likeness (QED) is 0.876. The second-order valence-electron chi connectivity index (χ2n) is 5.21. The Labute approximate surface area is 109 Å². The maximum absolute atomic E-state index is 10.7. The highest BCUT2D eigenvalue weighted by Gasteiger charge is 2.41. The lowest BCUT2D eigenvalue weighted by Gasteiger charge is -2.39. The van der Waals surface area contributed by atoms with Crippen LogP contribution in [0.2, 0.25) is 0 Å². The molecule has 0 aliphatic heterocycles. The molecule has 1 aromatic heterocycles. The molecule has 1 fully saturated rings. The van der Waals surface area contributed by atoms with Gasteiger partial charge < -0.3 is 9.84 Å². The second kappa shape index (κ2) is 5.85. The molecule has 1 aliphatic rings. The highest BCUT2D eigenvalue weighted by atomic mass is 16.5. The van der Waals surface area contributed by atoms with E-state index in [1.165, 1.54) is 6.42 Å². The van der Waals surface area contributed by atoms with Gasteiger partial charge in [0.1, 0.15) is 6.10 Å². The lowest BCUT2D eigenvalue weighted by Crippen LogP contribution is -2.41. The molecule has 1 N–H and O–H groups in total. The van der Waals surface area contributed by atoms with Crippen molar-refractivity contribution >= 4 is 0 Å². The molecule has 102 valence electrons. The highest BCUT2D eigenvalue weighted by Crippen LogP contribution is 2.40. The summed E-state index contributed by atoms with van der Waals surface area (Å²) in [5.74, 6) is 0. The summed E-state index contributed by atoms with van der Waals surface area (Å²) in [6, 6.07) is 1.91. The molecule has 2 rings (SSSR count). The summed E-state index contributed by atoms with van der Waals surface area (Å²) in [4.78, 5) is 0. The standard InChI is InChI=1S/C14H24N2O2/c1-3-11-16-12(7-10-15-16)13(17)14(18-2)8-5-4-6-9-14/h7,10,13,17H,3-6,8-9,11H2,1-2H3. The van der Waals surface area contributed by atoms with Crippen LogP contribution in [-0.4, -0.2) is 27.6 Å². The first kappa shape index (κ1) is 13.6. The zero-order chi connectivity index (χ0) is 13.0. The predicted molar refractivity (Wildman–Crippen MR) is 70.3 cm³/mol. The fraction of sp³-hybridized carbons (Fsp3) is 0.786. The van der Waals surface area contributed by atoms with E-state index in [4.69, 9.17) is 4.74 Å². The predicted octanol–water partition coefficient (Wildman–Crippen LogP) is 2.68. The van der Waals surface area contributed by atoms with E-state index in [1.54, 1.807) is 13.3 Å². The van der Waals surface area contributed by atoms with Crippen LogP contribution in [0.3, 0.4) is 0 Å². The smallest absolute Gasteiger partial charge is 0.124 e. The largest absolute Gasteiger partial charge is 0.384 e. The number of nitrogens with zero attached hydrogens (tertiary/aromatic N) is 2. The van der Waals surface area contributed by atoms with E-state index in [0.717, 1.165) is 44.3 Å². The van der Waals surface area contributed by atoms with Crippen molar-refractivity contribution in [1.29, 1.82) is 0 Å². The number of aliphatic hydroxyl groups is 1. The number of aryl methyl sites for hydroxylation is 1. The number of hydrogen-bond acceptors (Lipinski definition) is 3. The van der Waals surface area contributed by atoms with Crippen LogP contribution < -0.4 is 0 Å². The van der Waals surface area contributed by atoms with E-state index in [1.807, 2.05) is 10.7 Å². The molecule has 1 aromatic rings. The number of aromatic nitrogens is 2. The van der Waals surface area contributed by atoms with Crippen molar-refractivity contribution in [2.45, 2.75) is 63.7 Å². The average Bonchev–Trinajstić information content (AvgIpc) is 2.87. The summed E-state index contributed by atoms with van der Waals surface area (Å²) in [7, 11) is 1.72. The Hall–Kier alpha value is -0.870. The van der Waals surface area contributed by atoms with Gasteiger partial charge in [-0.05, 0) is 25.3 Å². The van der Waals surface area contributed by atoms with Crippen molar-refractivity contribution in [3.63, 3.8) is 0 Å². The van der Waals surface area contributed by atoms with Crippen LogP contribution in [0, 0.1) is 0 Å². The van der Waals surface area contributed by atoms with Gasteiger partial charge in [0.05, 0.1) is 11.3 Å². The van der Waals surface area contributed by atoms with Crippen molar-refractivity contribution in [3.05, 3.63) is 18.0 Å². The second-order valence-corrected chi connectivity index (χ2v) is 5.21. The van der Waals surface area contributed by atoms with Gasteiger partial charge >= 0.3 is 0 Å². The number of aliphatic hydroxyl groups excluding tert-OH is 1. The summed E-state index contributed by atoms with van der Waals surface area (Å²) in [6.07, 6.45) is 7.58. The molecule has 0 aromatic carbocycles. The van der Waals surface area contributed by atoms with Crippen LogP contribution >= 0.6 is 0 Å². The Morgan fingerprint density at radius 1 is 1.44 bits per heavy atom. The van der Waals surface area contributed by atoms with Crippen molar-refractivity contribution in [2.24, 2.45) is 0 Å². The molecule has 4 nitrogen and oxygen atoms in total. The highest BCUT2D eigenvalue weighted by molar-refractivity contribution is 5.11. The van der Waals surface area contributed by atoms with E-state index in [2.05, 4.69) is 12.0 Å². The van der Waals surface area contributed by atoms with E-state index in [0.29, 0.717) is 0 Å². The van der Waals surface area contributed by atoms with E-state index >= 15 is 0 Å². The van der Waals surface area contributed by atoms with Crippen molar-refractivity contribution in [2.75, 3.05) is 7.11 Å². The van der Waals surface area contributed by atoms with Crippen LogP contribution in [0.15, 0.2) is 12.3 Å². The lowest BCUT2D eigenvalue weighted by atomic mass is 9.79. The zero-order valence-electron chi connectivity index (χ0n) is 11.4. The molecular weight excluding hydrogens is 228 g/mol. The van der Waals surface area contributed by atoms with Crippen LogP contribution in [0.4, 0.5) is 0 Å². The lowest BCUT2D eigenvalue weighted by molar-refractivity contribution is -0.128. The van der Waals surface area contributed by atoms with Gasteiger partial charge in [-0.3, -0.25) is 4.68 Å². The summed E-state index contributed by atoms with van der Waals surface area (Å²) in [5, 5.41) is 15.0. The summed E-state index contributed by atoms with van der Waals surface area (Å²) < 4.78 is 7.61. The van der Waals surface area contributed by atoms with Crippen LogP contribution in [0.1, 0.15) is 57.2 Å². The van der Waals surface area contributed by atoms with E-state index in [-0.39, 0.29) is 0 Å². The molecule has 4 heteroatoms. The third-order valence-corrected chi connectivity index (χ3v) is 4.07. The van der Waals surface area contributed by atoms with Crippen LogP contribution in [0.5, 0.6) is 0 Å². The average molecular weight is 252 g/mol. The van der Waals surface area contributed by atoms with Crippen molar-refractivity contribution in [1.82, 2.24) is 9.78 Å². The minimum absolute atomic E-state index is 0.413. The van der Waals surface area contributed by atoms with Gasteiger partial charge in [-0.25, -0.2) is 0 Å². The van der Waals surface area contributed by atoms with Crippen LogP contribution in [0.25, 0.3) is 0 Å². The third kappa shape index (κ3) is 2.45. The third-order valence-electron chi connectivity index (χ3n) is 4.07. The van der Waals surface area contributed by atoms with Crippen molar-refractivity contribution < 1.29 is 9.84 Å². The Morgan fingerprint density at radius 3 is 2.78 bits per heavy atom. The summed E-state index contributed by atoms with van der Waals surface area (Å²) >= 11 is 0. The van der Waals surface area contributed by atoms with Gasteiger partial charge in [-0.1, -0.05) is 26.2 Å². The first-order chi connectivity index (χ1) is 8.73. The molecule has 0 bridgehead atoms. The first-order valence-electron chi connectivity index (χ1n) is 6.98. The molecular formula is C14H24N2O2. The summed E-state index contributed by atoms with van der Waals surface area (Å²) in [5.41, 5.74) is 0.477. The molecule has 1 unspecified atom stereocenters. The number of hydrogen-bond donors (Lipinski definition) is 1. The number of methoxy groups -OCH3 is 1. The maximum Gasteiger partial charge on any atom is 0.124 e. The Morgan fingerprint density at radius 2 is 2.17 bits per heavy atom. The van der Waals surface area contributed by atoms with E-state index < -0.39 is 11.7 Å². The van der Waals surface area contributed by atoms with Gasteiger partial charge in [0.15, 0.2) is 0 Å². The van der Waals surface area contributed by atoms with Crippen LogP contribution in [-0.2, 0) is 11.3 Å². The molecule has 0 spiro atoms. The molecule has 1 atom stereocenters. The Bertz CT molecular complexity index is 370. The van der Waals surface area contributed by atoms with Gasteiger partial charge in [0.2, 0.25) is 0 Å². The molecule has 1 aliphatic carbocycles. The van der Waals surface area contributed by atoms with Gasteiger partial charge in [-0.15, -0.1) is 0 Å². The minimum Gasteiger partial charge on any atom is -0.384 e. The topological polar surface area (TPSA) is 47.3 Å². The summed E-state index contributed by atoms with van der Waals surface area (Å²) in [6.45, 7) is 2.96. The van der Waals surface area contributed by atoms with E-state index in [9.17, 15) is 5.11 Å². The molecule has 1 heterocycles. The number of ether oxygens (including phenoxy) is 1. The maximum atomic E-state index is 10.7.